The van der Waals surface area contributed by atoms with Crippen molar-refractivity contribution >= 4 is 22.6 Å². The molecule has 1 saturated heterocycles. The van der Waals surface area contributed by atoms with Gasteiger partial charge >= 0.3 is 0 Å². The first-order valence-corrected chi connectivity index (χ1v) is 6.85. The summed E-state index contributed by atoms with van der Waals surface area (Å²) in [6.45, 7) is 7.58. The minimum atomic E-state index is 0.641. The molecule has 1 fully saturated rings. The zero-order valence-electron chi connectivity index (χ0n) is 10.1. The lowest BCUT2D eigenvalue weighted by atomic mass is 10.1. The molecular formula is C11H20N4S. The van der Waals surface area contributed by atoms with Gasteiger partial charge in [-0.2, -0.15) is 9.36 Å². The highest BCUT2D eigenvalue weighted by atomic mass is 32.1. The lowest BCUT2D eigenvalue weighted by Gasteiger charge is -2.24. The third-order valence-corrected chi connectivity index (χ3v) is 3.38. The average molecular weight is 240 g/mol. The van der Waals surface area contributed by atoms with E-state index in [9.17, 15) is 0 Å². The molecule has 4 nitrogen and oxygen atoms in total. The Labute approximate surface area is 101 Å². The van der Waals surface area contributed by atoms with Crippen LogP contribution in [0.5, 0.6) is 0 Å². The standard InChI is InChI=1S/C11H20N4S/c1-9(2)8-12-11-13-10(14-16-11)15-6-4-3-5-7-15/h9H,3-8H2,1-2H3,(H,12,13,14). The van der Waals surface area contributed by atoms with E-state index in [0.29, 0.717) is 5.92 Å². The summed E-state index contributed by atoms with van der Waals surface area (Å²) in [6.07, 6.45) is 3.89. The largest absolute Gasteiger partial charge is 0.360 e. The Hall–Kier alpha value is -0.840. The Balaban J connectivity index is 1.90. The van der Waals surface area contributed by atoms with Crippen molar-refractivity contribution in [1.29, 1.82) is 0 Å². The topological polar surface area (TPSA) is 41.1 Å². The fourth-order valence-corrected chi connectivity index (χ4v) is 2.40. The SMILES string of the molecule is CC(C)CNc1nc(N2CCCCC2)ns1. The summed E-state index contributed by atoms with van der Waals surface area (Å²) in [5.41, 5.74) is 0. The van der Waals surface area contributed by atoms with Crippen molar-refractivity contribution < 1.29 is 0 Å². The Morgan fingerprint density at radius 2 is 2.06 bits per heavy atom. The molecule has 5 heteroatoms. The summed E-state index contributed by atoms with van der Waals surface area (Å²) in [7, 11) is 0. The Kier molecular flexibility index (Phi) is 3.98. The van der Waals surface area contributed by atoms with E-state index in [0.717, 1.165) is 30.7 Å². The van der Waals surface area contributed by atoms with Crippen LogP contribution in [0.4, 0.5) is 11.1 Å². The number of nitrogens with one attached hydrogen (secondary N) is 1. The zero-order valence-corrected chi connectivity index (χ0v) is 10.9. The number of hydrogen-bond donors (Lipinski definition) is 1. The molecule has 0 unspecified atom stereocenters. The van der Waals surface area contributed by atoms with Gasteiger partial charge < -0.3 is 10.2 Å². The van der Waals surface area contributed by atoms with Crippen LogP contribution in [0, 0.1) is 5.92 Å². The quantitative estimate of drug-likeness (QED) is 0.878. The van der Waals surface area contributed by atoms with Gasteiger partial charge in [0.25, 0.3) is 0 Å². The molecule has 0 radical (unpaired) electrons. The molecule has 0 aliphatic carbocycles. The highest BCUT2D eigenvalue weighted by molar-refractivity contribution is 7.09. The Morgan fingerprint density at radius 1 is 1.31 bits per heavy atom. The van der Waals surface area contributed by atoms with Gasteiger partial charge in [0.2, 0.25) is 11.1 Å². The summed E-state index contributed by atoms with van der Waals surface area (Å²) in [4.78, 5) is 6.82. The molecule has 1 aliphatic heterocycles. The van der Waals surface area contributed by atoms with E-state index in [4.69, 9.17) is 0 Å². The second kappa shape index (κ2) is 5.48. The number of hydrogen-bond acceptors (Lipinski definition) is 5. The van der Waals surface area contributed by atoms with E-state index in [1.165, 1.54) is 30.8 Å². The summed E-state index contributed by atoms with van der Waals surface area (Å²) in [6, 6.07) is 0. The first-order chi connectivity index (χ1) is 7.75. The van der Waals surface area contributed by atoms with Gasteiger partial charge in [0.15, 0.2) is 0 Å². The average Bonchev–Trinajstić information content (AvgIpc) is 2.76. The maximum atomic E-state index is 4.53. The van der Waals surface area contributed by atoms with E-state index < -0.39 is 0 Å². The minimum absolute atomic E-state index is 0.641. The van der Waals surface area contributed by atoms with E-state index in [1.54, 1.807) is 0 Å². The molecule has 90 valence electrons. The van der Waals surface area contributed by atoms with Crippen LogP contribution in [0.15, 0.2) is 0 Å². The second-order valence-electron chi connectivity index (χ2n) is 4.72. The molecule has 0 atom stereocenters. The summed E-state index contributed by atoms with van der Waals surface area (Å²) < 4.78 is 4.41. The third-order valence-electron chi connectivity index (χ3n) is 2.72. The summed E-state index contributed by atoms with van der Waals surface area (Å²) >= 11 is 1.47. The van der Waals surface area contributed by atoms with Gasteiger partial charge in [-0.05, 0) is 25.2 Å². The molecule has 1 aliphatic rings. The molecule has 16 heavy (non-hydrogen) atoms. The third kappa shape index (κ3) is 3.07. The molecule has 0 bridgehead atoms. The molecular weight excluding hydrogens is 220 g/mol. The van der Waals surface area contributed by atoms with Crippen molar-refractivity contribution in [3.8, 4) is 0 Å². The van der Waals surface area contributed by atoms with Crippen LogP contribution in [0.2, 0.25) is 0 Å². The fourth-order valence-electron chi connectivity index (χ4n) is 1.80. The molecule has 0 aromatic carbocycles. The van der Waals surface area contributed by atoms with Crippen molar-refractivity contribution in [3.63, 3.8) is 0 Å². The first kappa shape index (κ1) is 11.6. The lowest BCUT2D eigenvalue weighted by molar-refractivity contribution is 0.570. The predicted molar refractivity (Wildman–Crippen MR) is 69.3 cm³/mol. The van der Waals surface area contributed by atoms with Crippen LogP contribution in [0.1, 0.15) is 33.1 Å². The van der Waals surface area contributed by atoms with Gasteiger partial charge in [-0.25, -0.2) is 0 Å². The number of nitrogens with zero attached hydrogens (tertiary/aromatic N) is 3. The van der Waals surface area contributed by atoms with Crippen LogP contribution in [-0.2, 0) is 0 Å². The fraction of sp³-hybridized carbons (Fsp3) is 0.818. The van der Waals surface area contributed by atoms with Gasteiger partial charge in [-0.1, -0.05) is 13.8 Å². The summed E-state index contributed by atoms with van der Waals surface area (Å²) in [5, 5.41) is 4.27. The molecule has 0 spiro atoms. The van der Waals surface area contributed by atoms with Crippen LogP contribution in [-0.4, -0.2) is 29.0 Å². The van der Waals surface area contributed by atoms with Crippen LogP contribution in [0.3, 0.4) is 0 Å². The van der Waals surface area contributed by atoms with Crippen LogP contribution in [0.25, 0.3) is 0 Å². The van der Waals surface area contributed by atoms with Crippen LogP contribution < -0.4 is 10.2 Å². The maximum Gasteiger partial charge on any atom is 0.239 e. The van der Waals surface area contributed by atoms with Crippen molar-refractivity contribution in [2.75, 3.05) is 29.9 Å². The van der Waals surface area contributed by atoms with E-state index in [2.05, 4.69) is 33.4 Å². The van der Waals surface area contributed by atoms with Gasteiger partial charge in [0, 0.05) is 31.2 Å². The van der Waals surface area contributed by atoms with E-state index in [1.807, 2.05) is 0 Å². The van der Waals surface area contributed by atoms with Gasteiger partial charge in [-0.3, -0.25) is 0 Å². The molecule has 2 rings (SSSR count). The number of rotatable bonds is 4. The zero-order chi connectivity index (χ0) is 11.4. The Morgan fingerprint density at radius 3 is 2.75 bits per heavy atom. The molecule has 0 saturated carbocycles. The highest BCUT2D eigenvalue weighted by Crippen LogP contribution is 2.21. The smallest absolute Gasteiger partial charge is 0.239 e. The van der Waals surface area contributed by atoms with Crippen LogP contribution >= 0.6 is 11.5 Å². The monoisotopic (exact) mass is 240 g/mol. The minimum Gasteiger partial charge on any atom is -0.360 e. The van der Waals surface area contributed by atoms with Gasteiger partial charge in [0.1, 0.15) is 0 Å². The predicted octanol–water partition coefficient (Wildman–Crippen LogP) is 2.60. The van der Waals surface area contributed by atoms with Crippen molar-refractivity contribution in [1.82, 2.24) is 9.36 Å². The normalized spacial score (nSPS) is 16.8. The summed E-state index contributed by atoms with van der Waals surface area (Å²) in [5.74, 6) is 1.55. The highest BCUT2D eigenvalue weighted by Gasteiger charge is 2.15. The number of anilines is 2. The van der Waals surface area contributed by atoms with Gasteiger partial charge in [0.05, 0.1) is 0 Å². The molecule has 1 aromatic rings. The number of aromatic nitrogens is 2. The molecule has 2 heterocycles. The van der Waals surface area contributed by atoms with Crippen molar-refractivity contribution in [2.45, 2.75) is 33.1 Å². The maximum absolute atomic E-state index is 4.53. The van der Waals surface area contributed by atoms with Crippen molar-refractivity contribution in [2.24, 2.45) is 5.92 Å². The van der Waals surface area contributed by atoms with E-state index >= 15 is 0 Å². The van der Waals surface area contributed by atoms with Gasteiger partial charge in [-0.15, -0.1) is 0 Å². The molecule has 1 N–H and O–H groups in total. The number of piperidine rings is 1. The first-order valence-electron chi connectivity index (χ1n) is 6.08. The van der Waals surface area contributed by atoms with Crippen molar-refractivity contribution in [3.05, 3.63) is 0 Å². The molecule has 1 aromatic heterocycles. The Bertz CT molecular complexity index is 318. The van der Waals surface area contributed by atoms with E-state index in [-0.39, 0.29) is 0 Å². The lowest BCUT2D eigenvalue weighted by Crippen LogP contribution is -2.30. The molecule has 0 amide bonds. The second-order valence-corrected chi connectivity index (χ2v) is 5.47.